The van der Waals surface area contributed by atoms with Gasteiger partial charge in [0.05, 0.1) is 5.60 Å². The molecule has 3 nitrogen and oxygen atoms in total. The SMILES string of the molecule is CCOC1(C(CCCOC)NC)CCCCC1. The number of hydrogen-bond acceptors (Lipinski definition) is 3. The van der Waals surface area contributed by atoms with Crippen molar-refractivity contribution < 1.29 is 9.47 Å². The van der Waals surface area contributed by atoms with Crippen molar-refractivity contribution in [1.29, 1.82) is 0 Å². The van der Waals surface area contributed by atoms with Crippen LogP contribution in [0.25, 0.3) is 0 Å². The van der Waals surface area contributed by atoms with Crippen LogP contribution in [-0.4, -0.2) is 39.0 Å². The van der Waals surface area contributed by atoms with Gasteiger partial charge in [-0.1, -0.05) is 19.3 Å². The Morgan fingerprint density at radius 2 is 1.94 bits per heavy atom. The van der Waals surface area contributed by atoms with Crippen molar-refractivity contribution in [2.24, 2.45) is 0 Å². The van der Waals surface area contributed by atoms with E-state index in [1.807, 2.05) is 0 Å². The molecular weight excluding hydrogens is 214 g/mol. The number of hydrogen-bond donors (Lipinski definition) is 1. The van der Waals surface area contributed by atoms with Gasteiger partial charge in [0.1, 0.15) is 0 Å². The van der Waals surface area contributed by atoms with Gasteiger partial charge in [0.2, 0.25) is 0 Å². The molecule has 3 heteroatoms. The van der Waals surface area contributed by atoms with E-state index in [4.69, 9.17) is 9.47 Å². The first kappa shape index (κ1) is 14.9. The third-order valence-electron chi connectivity index (χ3n) is 3.96. The molecule has 0 aromatic carbocycles. The van der Waals surface area contributed by atoms with Gasteiger partial charge in [-0.2, -0.15) is 0 Å². The Hall–Kier alpha value is -0.120. The maximum absolute atomic E-state index is 6.15. The summed E-state index contributed by atoms with van der Waals surface area (Å²) < 4.78 is 11.3. The molecule has 0 amide bonds. The summed E-state index contributed by atoms with van der Waals surface area (Å²) in [5.74, 6) is 0. The third-order valence-corrected chi connectivity index (χ3v) is 3.96. The van der Waals surface area contributed by atoms with Gasteiger partial charge in [0, 0.05) is 26.4 Å². The van der Waals surface area contributed by atoms with Gasteiger partial charge in [-0.05, 0) is 39.7 Å². The summed E-state index contributed by atoms with van der Waals surface area (Å²) in [6, 6.07) is 0.470. The molecule has 0 aromatic rings. The second-order valence-electron chi connectivity index (χ2n) is 5.03. The van der Waals surface area contributed by atoms with Crippen LogP contribution in [0.2, 0.25) is 0 Å². The predicted molar refractivity (Wildman–Crippen MR) is 71.4 cm³/mol. The maximum atomic E-state index is 6.15. The fourth-order valence-electron chi connectivity index (χ4n) is 3.13. The molecule has 1 aliphatic carbocycles. The van der Waals surface area contributed by atoms with Crippen LogP contribution in [0, 0.1) is 0 Å². The highest BCUT2D eigenvalue weighted by Gasteiger charge is 2.39. The second kappa shape index (κ2) is 8.06. The standard InChI is InChI=1S/C14H29NO2/c1-4-17-14(10-6-5-7-11-14)13(15-2)9-8-12-16-3/h13,15H,4-12H2,1-3H3. The summed E-state index contributed by atoms with van der Waals surface area (Å²) in [4.78, 5) is 0. The number of rotatable bonds is 8. The van der Waals surface area contributed by atoms with Crippen molar-refractivity contribution in [3.8, 4) is 0 Å². The summed E-state index contributed by atoms with van der Waals surface area (Å²) in [6.07, 6.45) is 8.65. The number of ether oxygens (including phenoxy) is 2. The molecule has 0 heterocycles. The predicted octanol–water partition coefficient (Wildman–Crippen LogP) is 2.74. The molecule has 0 aromatic heterocycles. The minimum atomic E-state index is 0.0789. The molecule has 1 rings (SSSR count). The Morgan fingerprint density at radius 1 is 1.24 bits per heavy atom. The number of methoxy groups -OCH3 is 1. The zero-order chi connectivity index (χ0) is 12.6. The van der Waals surface area contributed by atoms with Crippen molar-refractivity contribution in [2.75, 3.05) is 27.4 Å². The molecule has 0 saturated heterocycles. The molecule has 17 heavy (non-hydrogen) atoms. The van der Waals surface area contributed by atoms with Crippen LogP contribution in [0.15, 0.2) is 0 Å². The van der Waals surface area contributed by atoms with Gasteiger partial charge < -0.3 is 14.8 Å². The monoisotopic (exact) mass is 243 g/mol. The van der Waals surface area contributed by atoms with E-state index in [0.29, 0.717) is 6.04 Å². The van der Waals surface area contributed by atoms with Crippen LogP contribution in [0.1, 0.15) is 51.9 Å². The van der Waals surface area contributed by atoms with Crippen LogP contribution in [0.3, 0.4) is 0 Å². The molecule has 0 aliphatic heterocycles. The van der Waals surface area contributed by atoms with E-state index in [9.17, 15) is 0 Å². The van der Waals surface area contributed by atoms with Gasteiger partial charge in [0.25, 0.3) is 0 Å². The van der Waals surface area contributed by atoms with Gasteiger partial charge in [-0.25, -0.2) is 0 Å². The molecule has 1 unspecified atom stereocenters. The molecule has 0 spiro atoms. The Labute approximate surface area is 106 Å². The fourth-order valence-corrected chi connectivity index (χ4v) is 3.13. The Bertz CT molecular complexity index is 185. The summed E-state index contributed by atoms with van der Waals surface area (Å²) in [5.41, 5.74) is 0.0789. The zero-order valence-electron chi connectivity index (χ0n) is 11.8. The van der Waals surface area contributed by atoms with Crippen molar-refractivity contribution in [2.45, 2.75) is 63.5 Å². The quantitative estimate of drug-likeness (QED) is 0.665. The minimum absolute atomic E-state index is 0.0789. The second-order valence-corrected chi connectivity index (χ2v) is 5.03. The van der Waals surface area contributed by atoms with Crippen molar-refractivity contribution in [1.82, 2.24) is 5.32 Å². The normalized spacial score (nSPS) is 21.4. The lowest BCUT2D eigenvalue weighted by molar-refractivity contribution is -0.0909. The van der Waals surface area contributed by atoms with Crippen LogP contribution in [0.5, 0.6) is 0 Å². The molecule has 0 bridgehead atoms. The summed E-state index contributed by atoms with van der Waals surface area (Å²) >= 11 is 0. The molecule has 1 N–H and O–H groups in total. The molecular formula is C14H29NO2. The summed E-state index contributed by atoms with van der Waals surface area (Å²) in [5, 5.41) is 3.48. The Kier molecular flexibility index (Phi) is 7.09. The van der Waals surface area contributed by atoms with Crippen molar-refractivity contribution in [3.05, 3.63) is 0 Å². The molecule has 1 aliphatic rings. The molecule has 102 valence electrons. The lowest BCUT2D eigenvalue weighted by Gasteiger charge is -2.43. The first-order valence-electron chi connectivity index (χ1n) is 7.09. The fraction of sp³-hybridized carbons (Fsp3) is 1.00. The van der Waals surface area contributed by atoms with E-state index >= 15 is 0 Å². The van der Waals surface area contributed by atoms with Gasteiger partial charge in [0.15, 0.2) is 0 Å². The highest BCUT2D eigenvalue weighted by Crippen LogP contribution is 2.36. The average molecular weight is 243 g/mol. The van der Waals surface area contributed by atoms with E-state index in [2.05, 4.69) is 19.3 Å². The smallest absolute Gasteiger partial charge is 0.0834 e. The summed E-state index contributed by atoms with van der Waals surface area (Å²) in [6.45, 7) is 3.78. The largest absolute Gasteiger partial charge is 0.385 e. The maximum Gasteiger partial charge on any atom is 0.0834 e. The Balaban J connectivity index is 2.57. The summed E-state index contributed by atoms with van der Waals surface area (Å²) in [7, 11) is 3.83. The topological polar surface area (TPSA) is 30.5 Å². The first-order chi connectivity index (χ1) is 8.29. The van der Waals surface area contributed by atoms with Crippen LogP contribution >= 0.6 is 0 Å². The minimum Gasteiger partial charge on any atom is -0.385 e. The van der Waals surface area contributed by atoms with E-state index in [-0.39, 0.29) is 5.60 Å². The zero-order valence-corrected chi connectivity index (χ0v) is 11.8. The van der Waals surface area contributed by atoms with Crippen LogP contribution in [-0.2, 0) is 9.47 Å². The first-order valence-corrected chi connectivity index (χ1v) is 7.09. The van der Waals surface area contributed by atoms with E-state index in [1.165, 1.54) is 32.1 Å². The van der Waals surface area contributed by atoms with Gasteiger partial charge in [-0.3, -0.25) is 0 Å². The van der Waals surface area contributed by atoms with Crippen molar-refractivity contribution in [3.63, 3.8) is 0 Å². The van der Waals surface area contributed by atoms with E-state index in [0.717, 1.165) is 26.1 Å². The molecule has 1 saturated carbocycles. The van der Waals surface area contributed by atoms with E-state index in [1.54, 1.807) is 7.11 Å². The number of nitrogens with one attached hydrogen (secondary N) is 1. The molecule has 1 atom stereocenters. The van der Waals surface area contributed by atoms with Gasteiger partial charge >= 0.3 is 0 Å². The highest BCUT2D eigenvalue weighted by atomic mass is 16.5. The molecule has 0 radical (unpaired) electrons. The average Bonchev–Trinajstić information content (AvgIpc) is 2.36. The Morgan fingerprint density at radius 3 is 2.47 bits per heavy atom. The van der Waals surface area contributed by atoms with Gasteiger partial charge in [-0.15, -0.1) is 0 Å². The van der Waals surface area contributed by atoms with Crippen molar-refractivity contribution >= 4 is 0 Å². The lowest BCUT2D eigenvalue weighted by Crippen LogP contribution is -2.52. The third kappa shape index (κ3) is 4.23. The molecule has 1 fully saturated rings. The van der Waals surface area contributed by atoms with Crippen LogP contribution < -0.4 is 5.32 Å². The number of likely N-dealkylation sites (N-methyl/N-ethyl adjacent to an activating group) is 1. The highest BCUT2D eigenvalue weighted by molar-refractivity contribution is 4.94. The lowest BCUT2D eigenvalue weighted by atomic mass is 9.77. The van der Waals surface area contributed by atoms with Crippen LogP contribution in [0.4, 0.5) is 0 Å². The van der Waals surface area contributed by atoms with E-state index < -0.39 is 0 Å².